The van der Waals surface area contributed by atoms with Crippen molar-refractivity contribution in [3.8, 4) is 0 Å². The minimum Gasteiger partial charge on any atom is -0.321 e. The zero-order chi connectivity index (χ0) is 13.9. The van der Waals surface area contributed by atoms with Crippen molar-refractivity contribution in [2.45, 2.75) is 57.5 Å². The lowest BCUT2D eigenvalue weighted by molar-refractivity contribution is -0.944. The van der Waals surface area contributed by atoms with E-state index in [1.54, 1.807) is 5.56 Å². The molecule has 20 heavy (non-hydrogen) atoms. The van der Waals surface area contributed by atoms with Gasteiger partial charge in [0, 0.05) is 31.1 Å². The van der Waals surface area contributed by atoms with Gasteiger partial charge in [-0.05, 0) is 24.8 Å². The van der Waals surface area contributed by atoms with Gasteiger partial charge in [0.1, 0.15) is 0 Å². The quantitative estimate of drug-likeness (QED) is 0.709. The highest BCUT2D eigenvalue weighted by atomic mass is 15.4. The molecule has 4 rings (SSSR count). The molecule has 3 aliphatic heterocycles. The van der Waals surface area contributed by atoms with Crippen LogP contribution in [0.25, 0.3) is 0 Å². The molecule has 0 spiro atoms. The normalized spacial score (nSPS) is 45.9. The molecule has 1 nitrogen and oxygen atoms in total. The summed E-state index contributed by atoms with van der Waals surface area (Å²) in [7, 11) is 2.57. The van der Waals surface area contributed by atoms with Crippen LogP contribution in [0.1, 0.15) is 49.7 Å². The Morgan fingerprint density at radius 2 is 1.90 bits per heavy atom. The Hall–Kier alpha value is -0.820. The summed E-state index contributed by atoms with van der Waals surface area (Å²) < 4.78 is 1.42. The largest absolute Gasteiger partial charge is 0.321 e. The Morgan fingerprint density at radius 3 is 2.60 bits per heavy atom. The molecule has 1 heteroatoms. The van der Waals surface area contributed by atoms with E-state index in [1.807, 2.05) is 0 Å². The van der Waals surface area contributed by atoms with Gasteiger partial charge in [-0.1, -0.05) is 36.8 Å². The maximum absolute atomic E-state index is 2.57. The topological polar surface area (TPSA) is 0 Å². The predicted molar refractivity (Wildman–Crippen MR) is 83.7 cm³/mol. The van der Waals surface area contributed by atoms with Gasteiger partial charge < -0.3 is 4.48 Å². The summed E-state index contributed by atoms with van der Waals surface area (Å²) in [5.41, 5.74) is 3.01. The molecule has 3 saturated heterocycles. The van der Waals surface area contributed by atoms with E-state index in [-0.39, 0.29) is 0 Å². The summed E-state index contributed by atoms with van der Waals surface area (Å²) in [5.74, 6) is 2.77. The first-order chi connectivity index (χ1) is 9.63. The standard InChI is InChI=1S/C19H28N/c1-4-17-18(14-7-5-13(2)6-8-14)12-16-11-15-9-10-20(16,3)19(15)17/h5-8,15-19H,4,9-12H2,1-3H3/q+1. The second kappa shape index (κ2) is 4.34. The van der Waals surface area contributed by atoms with E-state index in [2.05, 4.69) is 45.2 Å². The predicted octanol–water partition coefficient (Wildman–Crippen LogP) is 4.12. The average molecular weight is 270 g/mol. The van der Waals surface area contributed by atoms with Crippen LogP contribution in [0.15, 0.2) is 24.3 Å². The van der Waals surface area contributed by atoms with Crippen LogP contribution in [0.3, 0.4) is 0 Å². The van der Waals surface area contributed by atoms with E-state index in [0.717, 1.165) is 29.8 Å². The fourth-order valence-corrected chi connectivity index (χ4v) is 6.07. The van der Waals surface area contributed by atoms with E-state index >= 15 is 0 Å². The number of quaternary nitrogens is 1. The number of rotatable bonds is 2. The van der Waals surface area contributed by atoms with Crippen LogP contribution in [-0.2, 0) is 0 Å². The van der Waals surface area contributed by atoms with Gasteiger partial charge in [-0.15, -0.1) is 0 Å². The fraction of sp³-hybridized carbons (Fsp3) is 0.684. The Labute approximate surface area is 123 Å². The zero-order valence-electron chi connectivity index (χ0n) is 13.2. The van der Waals surface area contributed by atoms with Crippen molar-refractivity contribution in [3.05, 3.63) is 35.4 Å². The monoisotopic (exact) mass is 270 g/mol. The number of hydrogen-bond donors (Lipinski definition) is 0. The number of piperidine rings is 2. The minimum absolute atomic E-state index is 0.824. The van der Waals surface area contributed by atoms with Crippen LogP contribution < -0.4 is 0 Å². The van der Waals surface area contributed by atoms with Crippen molar-refractivity contribution in [3.63, 3.8) is 0 Å². The van der Waals surface area contributed by atoms with Crippen molar-refractivity contribution in [2.24, 2.45) is 11.8 Å². The fourth-order valence-electron chi connectivity index (χ4n) is 6.07. The van der Waals surface area contributed by atoms with Crippen molar-refractivity contribution in [1.29, 1.82) is 0 Å². The van der Waals surface area contributed by atoms with Gasteiger partial charge in [-0.2, -0.15) is 0 Å². The van der Waals surface area contributed by atoms with Crippen LogP contribution in [0.2, 0.25) is 0 Å². The zero-order valence-corrected chi connectivity index (χ0v) is 13.2. The SMILES string of the molecule is CCC1C(c2ccc(C)cc2)CC2CC3CC[N+]2(C)C31. The molecular formula is C19H28N+. The van der Waals surface area contributed by atoms with Crippen LogP contribution >= 0.6 is 0 Å². The first-order valence-corrected chi connectivity index (χ1v) is 8.55. The molecule has 0 amide bonds. The van der Waals surface area contributed by atoms with Gasteiger partial charge >= 0.3 is 0 Å². The summed E-state index contributed by atoms with van der Waals surface area (Å²) >= 11 is 0. The van der Waals surface area contributed by atoms with Crippen molar-refractivity contribution in [1.82, 2.24) is 0 Å². The lowest BCUT2D eigenvalue weighted by Crippen LogP contribution is -2.58. The van der Waals surface area contributed by atoms with Gasteiger partial charge in [0.05, 0.1) is 25.7 Å². The number of benzene rings is 1. The highest BCUT2D eigenvalue weighted by Gasteiger charge is 2.64. The molecule has 0 aliphatic carbocycles. The minimum atomic E-state index is 0.824. The summed E-state index contributed by atoms with van der Waals surface area (Å²) in [4.78, 5) is 0. The molecule has 6 unspecified atom stereocenters. The second-order valence-corrected chi connectivity index (χ2v) is 7.82. The van der Waals surface area contributed by atoms with Crippen LogP contribution in [-0.4, -0.2) is 30.2 Å². The van der Waals surface area contributed by atoms with E-state index in [1.165, 1.54) is 42.3 Å². The summed E-state index contributed by atoms with van der Waals surface area (Å²) in [6, 6.07) is 11.3. The van der Waals surface area contributed by atoms with Gasteiger partial charge in [-0.3, -0.25) is 0 Å². The van der Waals surface area contributed by atoms with Gasteiger partial charge in [0.25, 0.3) is 0 Å². The second-order valence-electron chi connectivity index (χ2n) is 7.82. The Morgan fingerprint density at radius 1 is 1.15 bits per heavy atom. The maximum atomic E-state index is 2.57. The number of aryl methyl sites for hydroxylation is 1. The average Bonchev–Trinajstić information content (AvgIpc) is 2.84. The van der Waals surface area contributed by atoms with E-state index in [4.69, 9.17) is 0 Å². The molecule has 0 aromatic heterocycles. The molecule has 4 bridgehead atoms. The van der Waals surface area contributed by atoms with Gasteiger partial charge in [0.15, 0.2) is 0 Å². The van der Waals surface area contributed by atoms with Crippen LogP contribution in [0.5, 0.6) is 0 Å². The molecule has 108 valence electrons. The first kappa shape index (κ1) is 12.9. The molecule has 1 aromatic carbocycles. The van der Waals surface area contributed by atoms with Crippen molar-refractivity contribution in [2.75, 3.05) is 13.6 Å². The van der Waals surface area contributed by atoms with E-state index in [0.29, 0.717) is 0 Å². The Bertz CT molecular complexity index is 505. The van der Waals surface area contributed by atoms with Crippen molar-refractivity contribution < 1.29 is 4.48 Å². The molecule has 3 aliphatic rings. The molecule has 0 saturated carbocycles. The molecule has 3 fully saturated rings. The summed E-state index contributed by atoms with van der Waals surface area (Å²) in [5, 5.41) is 0. The number of hydrogen-bond acceptors (Lipinski definition) is 0. The van der Waals surface area contributed by atoms with Crippen LogP contribution in [0, 0.1) is 18.8 Å². The summed E-state index contributed by atoms with van der Waals surface area (Å²) in [6.45, 7) is 6.08. The van der Waals surface area contributed by atoms with E-state index < -0.39 is 0 Å². The lowest BCUT2D eigenvalue weighted by Gasteiger charge is -2.49. The lowest BCUT2D eigenvalue weighted by atomic mass is 9.73. The summed E-state index contributed by atoms with van der Waals surface area (Å²) in [6.07, 6.45) is 5.81. The molecular weight excluding hydrogens is 242 g/mol. The first-order valence-electron chi connectivity index (χ1n) is 8.55. The third-order valence-electron chi connectivity index (χ3n) is 7.01. The molecule has 6 atom stereocenters. The smallest absolute Gasteiger partial charge is 0.0957 e. The molecule has 0 N–H and O–H groups in total. The van der Waals surface area contributed by atoms with E-state index in [9.17, 15) is 0 Å². The molecule has 3 heterocycles. The van der Waals surface area contributed by atoms with Crippen molar-refractivity contribution >= 4 is 0 Å². The molecule has 0 radical (unpaired) electrons. The number of nitrogens with zero attached hydrogens (tertiary/aromatic N) is 1. The maximum Gasteiger partial charge on any atom is 0.0957 e. The van der Waals surface area contributed by atoms with Gasteiger partial charge in [-0.25, -0.2) is 0 Å². The Kier molecular flexibility index (Phi) is 2.79. The van der Waals surface area contributed by atoms with Gasteiger partial charge in [0.2, 0.25) is 0 Å². The van der Waals surface area contributed by atoms with Crippen LogP contribution in [0.4, 0.5) is 0 Å². The third-order valence-corrected chi connectivity index (χ3v) is 7.01. The highest BCUT2D eigenvalue weighted by Crippen LogP contribution is 2.58. The third kappa shape index (κ3) is 1.59. The Balaban J connectivity index is 1.71. The highest BCUT2D eigenvalue weighted by molar-refractivity contribution is 5.27. The molecule has 1 aromatic rings.